The van der Waals surface area contributed by atoms with Gasteiger partial charge in [-0.05, 0) is 11.6 Å². The number of rotatable bonds is 2. The zero-order valence-corrected chi connectivity index (χ0v) is 12.2. The van der Waals surface area contributed by atoms with E-state index >= 15 is 0 Å². The van der Waals surface area contributed by atoms with Crippen molar-refractivity contribution in [3.05, 3.63) is 35.4 Å². The molecule has 0 aliphatic rings. The minimum atomic E-state index is -0.368. The van der Waals surface area contributed by atoms with Crippen LogP contribution >= 0.6 is 0 Å². The Morgan fingerprint density at radius 2 is 1.95 bits per heavy atom. The van der Waals surface area contributed by atoms with Crippen LogP contribution in [0.25, 0.3) is 0 Å². The maximum Gasteiger partial charge on any atom is 0.227 e. The van der Waals surface area contributed by atoms with Crippen LogP contribution in [0.3, 0.4) is 0 Å². The molecule has 1 aromatic rings. The van der Waals surface area contributed by atoms with Crippen LogP contribution in [0, 0.1) is 17.3 Å². The van der Waals surface area contributed by atoms with Crippen molar-refractivity contribution in [3.8, 4) is 11.8 Å². The van der Waals surface area contributed by atoms with E-state index in [9.17, 15) is 4.79 Å². The lowest BCUT2D eigenvalue weighted by Gasteiger charge is -2.26. The summed E-state index contributed by atoms with van der Waals surface area (Å²) in [5, 5.41) is 0. The summed E-state index contributed by atoms with van der Waals surface area (Å²) < 4.78 is 0. The Bertz CT molecular complexity index is 503. The molecule has 0 aromatic heterocycles. The lowest BCUT2D eigenvalue weighted by molar-refractivity contribution is -0.138. The normalized spacial score (nSPS) is 10.6. The standard InChI is InChI=1S/C16H22N2O/c1-16(2,3)15(19)18(4)12-14-9-6-5-8-13(14)10-7-11-17/h5-6,8-9H,11-12,17H2,1-4H3. The van der Waals surface area contributed by atoms with Crippen molar-refractivity contribution in [1.82, 2.24) is 4.90 Å². The molecule has 3 heteroatoms. The van der Waals surface area contributed by atoms with E-state index in [0.717, 1.165) is 11.1 Å². The summed E-state index contributed by atoms with van der Waals surface area (Å²) in [7, 11) is 1.82. The molecule has 0 saturated heterocycles. The number of hydrogen-bond acceptors (Lipinski definition) is 2. The Labute approximate surface area is 115 Å². The van der Waals surface area contributed by atoms with E-state index in [4.69, 9.17) is 5.73 Å². The highest BCUT2D eigenvalue weighted by Crippen LogP contribution is 2.19. The van der Waals surface area contributed by atoms with Gasteiger partial charge in [-0.2, -0.15) is 0 Å². The van der Waals surface area contributed by atoms with Crippen LogP contribution < -0.4 is 5.73 Å². The first-order chi connectivity index (χ1) is 8.86. The van der Waals surface area contributed by atoms with Crippen LogP contribution in [0.5, 0.6) is 0 Å². The molecule has 0 spiro atoms. The summed E-state index contributed by atoms with van der Waals surface area (Å²) in [6, 6.07) is 7.84. The van der Waals surface area contributed by atoms with Crippen molar-refractivity contribution in [2.24, 2.45) is 11.1 Å². The summed E-state index contributed by atoms with van der Waals surface area (Å²) in [6.07, 6.45) is 0. The number of hydrogen-bond donors (Lipinski definition) is 1. The molecule has 0 fully saturated rings. The van der Waals surface area contributed by atoms with E-state index in [0.29, 0.717) is 13.1 Å². The average molecular weight is 258 g/mol. The Morgan fingerprint density at radius 3 is 2.53 bits per heavy atom. The second-order valence-electron chi connectivity index (χ2n) is 5.57. The lowest BCUT2D eigenvalue weighted by atomic mass is 9.94. The van der Waals surface area contributed by atoms with Gasteiger partial charge in [0.15, 0.2) is 0 Å². The topological polar surface area (TPSA) is 46.3 Å². The van der Waals surface area contributed by atoms with Crippen LogP contribution in [0.15, 0.2) is 24.3 Å². The molecule has 19 heavy (non-hydrogen) atoms. The molecule has 0 radical (unpaired) electrons. The highest BCUT2D eigenvalue weighted by Gasteiger charge is 2.25. The van der Waals surface area contributed by atoms with E-state index < -0.39 is 0 Å². The van der Waals surface area contributed by atoms with Gasteiger partial charge in [0, 0.05) is 24.6 Å². The monoisotopic (exact) mass is 258 g/mol. The van der Waals surface area contributed by atoms with Crippen molar-refractivity contribution >= 4 is 5.91 Å². The molecule has 3 nitrogen and oxygen atoms in total. The van der Waals surface area contributed by atoms with Crippen LogP contribution in [0.2, 0.25) is 0 Å². The molecule has 1 amide bonds. The minimum Gasteiger partial charge on any atom is -0.341 e. The third kappa shape index (κ3) is 4.42. The molecule has 102 valence electrons. The molecule has 2 N–H and O–H groups in total. The summed E-state index contributed by atoms with van der Waals surface area (Å²) in [5.41, 5.74) is 7.00. The van der Waals surface area contributed by atoms with Crippen LogP contribution in [0.1, 0.15) is 31.9 Å². The van der Waals surface area contributed by atoms with Gasteiger partial charge in [0.25, 0.3) is 0 Å². The summed E-state index contributed by atoms with van der Waals surface area (Å²) in [6.45, 7) is 6.67. The summed E-state index contributed by atoms with van der Waals surface area (Å²) in [4.78, 5) is 13.9. The van der Waals surface area contributed by atoms with Gasteiger partial charge in [0.05, 0.1) is 6.54 Å². The quantitative estimate of drug-likeness (QED) is 0.825. The molecule has 0 saturated carbocycles. The Morgan fingerprint density at radius 1 is 1.32 bits per heavy atom. The zero-order valence-electron chi connectivity index (χ0n) is 12.2. The van der Waals surface area contributed by atoms with E-state index in [1.165, 1.54) is 0 Å². The fraction of sp³-hybridized carbons (Fsp3) is 0.438. The Hall–Kier alpha value is -1.79. The number of amides is 1. The van der Waals surface area contributed by atoms with Gasteiger partial charge in [-0.25, -0.2) is 0 Å². The second-order valence-corrected chi connectivity index (χ2v) is 5.57. The smallest absolute Gasteiger partial charge is 0.227 e. The molecular formula is C16H22N2O. The van der Waals surface area contributed by atoms with Crippen molar-refractivity contribution in [1.29, 1.82) is 0 Å². The molecule has 1 rings (SSSR count). The number of carbonyl (C=O) groups excluding carboxylic acids is 1. The fourth-order valence-electron chi connectivity index (χ4n) is 1.83. The van der Waals surface area contributed by atoms with Gasteiger partial charge in [0.1, 0.15) is 0 Å². The maximum atomic E-state index is 12.2. The second kappa shape index (κ2) is 6.40. The van der Waals surface area contributed by atoms with Gasteiger partial charge in [-0.15, -0.1) is 0 Å². The first kappa shape index (κ1) is 15.3. The number of carbonyl (C=O) groups is 1. The molecule has 0 unspecified atom stereocenters. The summed E-state index contributed by atoms with van der Waals surface area (Å²) >= 11 is 0. The van der Waals surface area contributed by atoms with Crippen LogP contribution in [-0.4, -0.2) is 24.4 Å². The summed E-state index contributed by atoms with van der Waals surface area (Å²) in [5.74, 6) is 6.01. The van der Waals surface area contributed by atoms with Gasteiger partial charge >= 0.3 is 0 Å². The lowest BCUT2D eigenvalue weighted by Crippen LogP contribution is -2.36. The molecular weight excluding hydrogens is 236 g/mol. The average Bonchev–Trinajstić information content (AvgIpc) is 2.35. The zero-order chi connectivity index (χ0) is 14.5. The number of nitrogens with zero attached hydrogens (tertiary/aromatic N) is 1. The molecule has 0 heterocycles. The van der Waals surface area contributed by atoms with E-state index in [-0.39, 0.29) is 11.3 Å². The van der Waals surface area contributed by atoms with Gasteiger partial charge in [-0.1, -0.05) is 50.8 Å². The maximum absolute atomic E-state index is 12.2. The molecule has 0 aliphatic carbocycles. The minimum absolute atomic E-state index is 0.120. The largest absolute Gasteiger partial charge is 0.341 e. The van der Waals surface area contributed by atoms with E-state index in [1.54, 1.807) is 4.90 Å². The molecule has 0 atom stereocenters. The third-order valence-electron chi connectivity index (χ3n) is 2.74. The predicted octanol–water partition coefficient (Wildman–Crippen LogP) is 2.00. The molecule has 0 bridgehead atoms. The van der Waals surface area contributed by atoms with Crippen molar-refractivity contribution in [2.45, 2.75) is 27.3 Å². The third-order valence-corrected chi connectivity index (χ3v) is 2.74. The number of nitrogens with two attached hydrogens (primary N) is 1. The van der Waals surface area contributed by atoms with Crippen molar-refractivity contribution in [3.63, 3.8) is 0 Å². The van der Waals surface area contributed by atoms with Crippen LogP contribution in [0.4, 0.5) is 0 Å². The van der Waals surface area contributed by atoms with Crippen molar-refractivity contribution < 1.29 is 4.79 Å². The van der Waals surface area contributed by atoms with Gasteiger partial charge < -0.3 is 10.6 Å². The fourth-order valence-corrected chi connectivity index (χ4v) is 1.83. The van der Waals surface area contributed by atoms with E-state index in [1.807, 2.05) is 52.1 Å². The van der Waals surface area contributed by atoms with Crippen molar-refractivity contribution in [2.75, 3.05) is 13.6 Å². The Balaban J connectivity index is 2.91. The van der Waals surface area contributed by atoms with E-state index in [2.05, 4.69) is 11.8 Å². The van der Waals surface area contributed by atoms with Crippen LogP contribution in [-0.2, 0) is 11.3 Å². The predicted molar refractivity (Wildman–Crippen MR) is 78.3 cm³/mol. The highest BCUT2D eigenvalue weighted by atomic mass is 16.2. The SMILES string of the molecule is CN(Cc1ccccc1C#CCN)C(=O)C(C)(C)C. The first-order valence-electron chi connectivity index (χ1n) is 6.38. The Kier molecular flexibility index (Phi) is 5.14. The first-order valence-corrected chi connectivity index (χ1v) is 6.38. The van der Waals surface area contributed by atoms with Gasteiger partial charge in [0.2, 0.25) is 5.91 Å². The van der Waals surface area contributed by atoms with Gasteiger partial charge in [-0.3, -0.25) is 4.79 Å². The molecule has 1 aromatic carbocycles. The molecule has 0 aliphatic heterocycles. The number of benzene rings is 1. The highest BCUT2D eigenvalue weighted by molar-refractivity contribution is 5.81.